The molecule has 212 valence electrons. The molecule has 0 aliphatic carbocycles. The van der Waals surface area contributed by atoms with Crippen molar-refractivity contribution < 1.29 is 18.6 Å². The Labute approximate surface area is 249 Å². The second-order valence-electron chi connectivity index (χ2n) is 13.9. The predicted molar refractivity (Wildman–Crippen MR) is 176 cm³/mol. The first-order valence-electron chi connectivity index (χ1n) is 15.0. The highest BCUT2D eigenvalue weighted by molar-refractivity contribution is 6.73. The van der Waals surface area contributed by atoms with Crippen molar-refractivity contribution in [2.45, 2.75) is 77.8 Å². The summed E-state index contributed by atoms with van der Waals surface area (Å²) in [6, 6.07) is 30.4. The lowest BCUT2D eigenvalue weighted by molar-refractivity contribution is 0.00578. The first-order valence-corrected chi connectivity index (χ1v) is 15.0. The molecule has 2 fully saturated rings. The third-order valence-corrected chi connectivity index (χ3v) is 10.2. The van der Waals surface area contributed by atoms with Gasteiger partial charge in [-0.05, 0) is 122 Å². The monoisotopic (exact) mass is 556 g/mol. The zero-order valence-corrected chi connectivity index (χ0v) is 25.9. The molecule has 0 amide bonds. The highest BCUT2D eigenvalue weighted by Crippen LogP contribution is 2.40. The van der Waals surface area contributed by atoms with Crippen LogP contribution in [0.1, 0.15) is 55.4 Å². The van der Waals surface area contributed by atoms with E-state index in [1.807, 2.05) is 0 Å². The maximum absolute atomic E-state index is 6.72. The SMILES string of the molecule is CC1(C)OB(c2c3ccccc3c(B3OC(C)(C)C(C)(C)O3)c3cc(-c4ccc5ccccc5c4)ccc23)OC1(C)C. The highest BCUT2D eigenvalue weighted by atomic mass is 16.7. The fraction of sp³-hybridized carbons (Fsp3) is 0.333. The molecule has 0 radical (unpaired) electrons. The lowest BCUT2D eigenvalue weighted by atomic mass is 9.66. The fourth-order valence-corrected chi connectivity index (χ4v) is 6.22. The minimum Gasteiger partial charge on any atom is -0.399 e. The summed E-state index contributed by atoms with van der Waals surface area (Å²) in [5, 5.41) is 6.80. The van der Waals surface area contributed by atoms with Gasteiger partial charge < -0.3 is 18.6 Å². The Bertz CT molecular complexity index is 1840. The number of hydrogen-bond donors (Lipinski definition) is 0. The van der Waals surface area contributed by atoms with Crippen LogP contribution in [-0.2, 0) is 18.6 Å². The van der Waals surface area contributed by atoms with Crippen molar-refractivity contribution in [3.8, 4) is 11.1 Å². The lowest BCUT2D eigenvalue weighted by Crippen LogP contribution is -2.41. The molecule has 0 bridgehead atoms. The molecule has 0 aromatic heterocycles. The molecule has 5 aromatic carbocycles. The minimum atomic E-state index is -0.526. The van der Waals surface area contributed by atoms with Crippen LogP contribution < -0.4 is 10.9 Å². The van der Waals surface area contributed by atoms with Crippen LogP contribution in [0.5, 0.6) is 0 Å². The van der Waals surface area contributed by atoms with E-state index in [2.05, 4.69) is 140 Å². The van der Waals surface area contributed by atoms with Gasteiger partial charge in [-0.1, -0.05) is 72.8 Å². The number of benzene rings is 5. The van der Waals surface area contributed by atoms with Crippen LogP contribution in [-0.4, -0.2) is 36.6 Å². The molecule has 42 heavy (non-hydrogen) atoms. The summed E-state index contributed by atoms with van der Waals surface area (Å²) >= 11 is 0. The Hall–Kier alpha value is -3.15. The van der Waals surface area contributed by atoms with Crippen LogP contribution in [0.15, 0.2) is 84.9 Å². The molecule has 7 rings (SSSR count). The molecule has 0 unspecified atom stereocenters. The summed E-state index contributed by atoms with van der Waals surface area (Å²) < 4.78 is 26.8. The van der Waals surface area contributed by atoms with Gasteiger partial charge in [0.05, 0.1) is 22.4 Å². The average molecular weight is 556 g/mol. The molecule has 0 saturated carbocycles. The number of rotatable bonds is 3. The topological polar surface area (TPSA) is 36.9 Å². The van der Waals surface area contributed by atoms with Gasteiger partial charge >= 0.3 is 14.2 Å². The van der Waals surface area contributed by atoms with E-state index in [-0.39, 0.29) is 0 Å². The van der Waals surface area contributed by atoms with Gasteiger partial charge in [-0.15, -0.1) is 0 Å². The Morgan fingerprint density at radius 2 is 0.810 bits per heavy atom. The summed E-state index contributed by atoms with van der Waals surface area (Å²) in [6.45, 7) is 16.9. The van der Waals surface area contributed by atoms with Crippen LogP contribution in [0.3, 0.4) is 0 Å². The van der Waals surface area contributed by atoms with Crippen LogP contribution in [0, 0.1) is 0 Å². The van der Waals surface area contributed by atoms with Crippen molar-refractivity contribution in [2.24, 2.45) is 0 Å². The van der Waals surface area contributed by atoms with E-state index in [0.717, 1.165) is 38.0 Å². The summed E-state index contributed by atoms with van der Waals surface area (Å²) in [5.74, 6) is 0. The quantitative estimate of drug-likeness (QED) is 0.171. The van der Waals surface area contributed by atoms with Crippen molar-refractivity contribution in [1.82, 2.24) is 0 Å². The van der Waals surface area contributed by atoms with Gasteiger partial charge in [-0.2, -0.15) is 0 Å². The van der Waals surface area contributed by atoms with Crippen LogP contribution in [0.4, 0.5) is 0 Å². The zero-order valence-electron chi connectivity index (χ0n) is 25.9. The van der Waals surface area contributed by atoms with E-state index < -0.39 is 36.6 Å². The first kappa shape index (κ1) is 27.7. The molecule has 0 N–H and O–H groups in total. The van der Waals surface area contributed by atoms with Crippen molar-refractivity contribution in [3.63, 3.8) is 0 Å². The number of fused-ring (bicyclic) bond motifs is 3. The van der Waals surface area contributed by atoms with Gasteiger partial charge in [0.2, 0.25) is 0 Å². The maximum atomic E-state index is 6.72. The smallest absolute Gasteiger partial charge is 0.399 e. The Morgan fingerprint density at radius 1 is 0.405 bits per heavy atom. The average Bonchev–Trinajstić information content (AvgIpc) is 3.29. The zero-order chi connectivity index (χ0) is 29.7. The fourth-order valence-electron chi connectivity index (χ4n) is 6.22. The molecule has 6 heteroatoms. The molecule has 0 atom stereocenters. The molecule has 2 aliphatic rings. The van der Waals surface area contributed by atoms with E-state index in [9.17, 15) is 0 Å². The molecule has 4 nitrogen and oxygen atoms in total. The van der Waals surface area contributed by atoms with Gasteiger partial charge in [0.15, 0.2) is 0 Å². The van der Waals surface area contributed by atoms with Crippen LogP contribution in [0.25, 0.3) is 43.4 Å². The second-order valence-corrected chi connectivity index (χ2v) is 13.9. The predicted octanol–water partition coefficient (Wildman–Crippen LogP) is 7.41. The van der Waals surface area contributed by atoms with E-state index in [4.69, 9.17) is 18.6 Å². The summed E-state index contributed by atoms with van der Waals surface area (Å²) in [6.07, 6.45) is 0. The molecule has 2 saturated heterocycles. The van der Waals surface area contributed by atoms with Gasteiger partial charge in [-0.3, -0.25) is 0 Å². The summed E-state index contributed by atoms with van der Waals surface area (Å²) in [4.78, 5) is 0. The standard InChI is InChI=1S/C36H38B2O4/c1-33(2)34(3,4)40-37(39-33)31-27-15-11-12-16-28(27)32(38-41-35(5,6)36(7,8)42-38)30-22-26(19-20-29(30)31)25-18-17-23-13-9-10-14-24(23)21-25/h9-22H,1-8H3. The minimum absolute atomic E-state index is 0.458. The third-order valence-electron chi connectivity index (χ3n) is 10.2. The maximum Gasteiger partial charge on any atom is 0.496 e. The van der Waals surface area contributed by atoms with E-state index in [1.165, 1.54) is 16.3 Å². The molecule has 2 aliphatic heterocycles. The highest BCUT2D eigenvalue weighted by Gasteiger charge is 2.55. The molecular weight excluding hydrogens is 518 g/mol. The largest absolute Gasteiger partial charge is 0.496 e. The van der Waals surface area contributed by atoms with Crippen LogP contribution in [0.2, 0.25) is 0 Å². The Morgan fingerprint density at radius 3 is 1.36 bits per heavy atom. The normalized spacial score (nSPS) is 20.7. The molecular formula is C36H38B2O4. The molecule has 5 aromatic rings. The third kappa shape index (κ3) is 4.15. The first-order chi connectivity index (χ1) is 19.8. The van der Waals surface area contributed by atoms with Crippen molar-refractivity contribution in [2.75, 3.05) is 0 Å². The van der Waals surface area contributed by atoms with Gasteiger partial charge in [-0.25, -0.2) is 0 Å². The molecule has 0 spiro atoms. The lowest BCUT2D eigenvalue weighted by Gasteiger charge is -2.32. The van der Waals surface area contributed by atoms with E-state index in [1.54, 1.807) is 0 Å². The van der Waals surface area contributed by atoms with Gasteiger partial charge in [0.25, 0.3) is 0 Å². The van der Waals surface area contributed by atoms with Crippen LogP contribution >= 0.6 is 0 Å². The summed E-state index contributed by atoms with van der Waals surface area (Å²) in [7, 11) is -1.04. The van der Waals surface area contributed by atoms with Gasteiger partial charge in [0, 0.05) is 0 Å². The van der Waals surface area contributed by atoms with Crippen molar-refractivity contribution in [1.29, 1.82) is 0 Å². The van der Waals surface area contributed by atoms with Crippen molar-refractivity contribution in [3.05, 3.63) is 84.9 Å². The Balaban J connectivity index is 1.52. The van der Waals surface area contributed by atoms with E-state index >= 15 is 0 Å². The molecule has 2 heterocycles. The second kappa shape index (κ2) is 9.17. The number of hydrogen-bond acceptors (Lipinski definition) is 4. The summed E-state index contributed by atoms with van der Waals surface area (Å²) in [5.41, 5.74) is 2.55. The van der Waals surface area contributed by atoms with Gasteiger partial charge in [0.1, 0.15) is 0 Å². The van der Waals surface area contributed by atoms with E-state index in [0.29, 0.717) is 0 Å². The van der Waals surface area contributed by atoms with Crippen molar-refractivity contribution >= 4 is 57.5 Å². The Kier molecular flexibility index (Phi) is 6.04.